The molecule has 0 radical (unpaired) electrons. The smallest absolute Gasteiger partial charge is 0.278 e. The fourth-order valence-corrected chi connectivity index (χ4v) is 2.97. The zero-order valence-corrected chi connectivity index (χ0v) is 14.9. The number of anilines is 1. The molecular formula is C23H18N2O2. The van der Waals surface area contributed by atoms with Crippen molar-refractivity contribution in [3.63, 3.8) is 0 Å². The lowest BCUT2D eigenvalue weighted by Crippen LogP contribution is -2.25. The maximum atomic E-state index is 13.0. The fourth-order valence-electron chi connectivity index (χ4n) is 2.97. The van der Waals surface area contributed by atoms with Gasteiger partial charge in [0.15, 0.2) is 0 Å². The molecule has 132 valence electrons. The van der Waals surface area contributed by atoms with Crippen molar-refractivity contribution in [3.8, 4) is 0 Å². The highest BCUT2D eigenvalue weighted by atomic mass is 16.3. The van der Waals surface area contributed by atoms with Gasteiger partial charge in [0.2, 0.25) is 0 Å². The van der Waals surface area contributed by atoms with Gasteiger partial charge in [-0.1, -0.05) is 54.6 Å². The Morgan fingerprint density at radius 2 is 1.52 bits per heavy atom. The van der Waals surface area contributed by atoms with Crippen LogP contribution in [0.3, 0.4) is 0 Å². The van der Waals surface area contributed by atoms with Gasteiger partial charge in [-0.25, -0.2) is 0 Å². The van der Waals surface area contributed by atoms with E-state index in [0.717, 1.165) is 22.3 Å². The molecule has 0 saturated heterocycles. The topological polar surface area (TPSA) is 45.8 Å². The van der Waals surface area contributed by atoms with Gasteiger partial charge >= 0.3 is 0 Å². The summed E-state index contributed by atoms with van der Waals surface area (Å²) in [6, 6.07) is 26.3. The molecule has 0 aliphatic heterocycles. The van der Waals surface area contributed by atoms with Crippen molar-refractivity contribution >= 4 is 28.8 Å². The highest BCUT2D eigenvalue weighted by molar-refractivity contribution is 6.07. The van der Waals surface area contributed by atoms with Gasteiger partial charge in [-0.05, 0) is 37.3 Å². The second kappa shape index (κ2) is 7.30. The molecule has 0 aliphatic carbocycles. The van der Waals surface area contributed by atoms with E-state index in [1.54, 1.807) is 18.3 Å². The molecule has 0 aliphatic rings. The normalized spacial score (nSPS) is 11.1. The van der Waals surface area contributed by atoms with Gasteiger partial charge in [0.05, 0.1) is 11.9 Å². The van der Waals surface area contributed by atoms with Crippen LogP contribution in [0, 0.1) is 6.92 Å². The van der Waals surface area contributed by atoms with Crippen molar-refractivity contribution in [1.82, 2.24) is 0 Å². The van der Waals surface area contributed by atoms with Crippen LogP contribution in [0.4, 0.5) is 5.69 Å². The lowest BCUT2D eigenvalue weighted by atomic mass is 10.1. The average molecular weight is 354 g/mol. The van der Waals surface area contributed by atoms with Crippen LogP contribution >= 0.6 is 0 Å². The molecule has 1 amide bonds. The number of fused-ring (bicyclic) bond motifs is 1. The Bertz CT molecular complexity index is 1100. The third-order valence-electron chi connectivity index (χ3n) is 4.34. The number of aryl methyl sites for hydroxylation is 1. The monoisotopic (exact) mass is 354 g/mol. The molecule has 0 bridgehead atoms. The first kappa shape index (κ1) is 16.8. The molecule has 4 heteroatoms. The number of furan rings is 1. The number of rotatable bonds is 4. The van der Waals surface area contributed by atoms with Crippen LogP contribution < -0.4 is 5.01 Å². The summed E-state index contributed by atoms with van der Waals surface area (Å²) in [5.74, 6) is 0.573. The van der Waals surface area contributed by atoms with Gasteiger partial charge in [0, 0.05) is 16.5 Å². The maximum absolute atomic E-state index is 13.0. The predicted molar refractivity (Wildman–Crippen MR) is 108 cm³/mol. The molecule has 0 spiro atoms. The van der Waals surface area contributed by atoms with Gasteiger partial charge in [-0.3, -0.25) is 4.79 Å². The van der Waals surface area contributed by atoms with Crippen molar-refractivity contribution in [2.75, 3.05) is 5.01 Å². The molecule has 3 aromatic carbocycles. The summed E-state index contributed by atoms with van der Waals surface area (Å²) in [6.07, 6.45) is 1.69. The Hall–Kier alpha value is -3.66. The number of hydrazone groups is 1. The quantitative estimate of drug-likeness (QED) is 0.363. The maximum Gasteiger partial charge on any atom is 0.278 e. The fraction of sp³-hybridized carbons (Fsp3) is 0.0435. The van der Waals surface area contributed by atoms with Crippen LogP contribution in [0.25, 0.3) is 11.0 Å². The molecule has 0 atom stereocenters. The Kier molecular flexibility index (Phi) is 4.54. The molecule has 0 N–H and O–H groups in total. The molecule has 0 fully saturated rings. The minimum absolute atomic E-state index is 0.191. The summed E-state index contributed by atoms with van der Waals surface area (Å²) in [7, 11) is 0. The average Bonchev–Trinajstić information content (AvgIpc) is 3.05. The van der Waals surface area contributed by atoms with Crippen molar-refractivity contribution in [2.24, 2.45) is 5.10 Å². The molecule has 0 saturated carbocycles. The van der Waals surface area contributed by atoms with Crippen LogP contribution in [-0.4, -0.2) is 12.1 Å². The van der Waals surface area contributed by atoms with Gasteiger partial charge < -0.3 is 4.42 Å². The van der Waals surface area contributed by atoms with E-state index in [1.165, 1.54) is 5.01 Å². The summed E-state index contributed by atoms with van der Waals surface area (Å²) >= 11 is 0. The van der Waals surface area contributed by atoms with Crippen molar-refractivity contribution in [2.45, 2.75) is 6.92 Å². The van der Waals surface area contributed by atoms with Gasteiger partial charge in [-0.15, -0.1) is 0 Å². The summed E-state index contributed by atoms with van der Waals surface area (Å²) < 4.78 is 5.79. The standard InChI is InChI=1S/C23H18N2O2/c1-17-21(20-14-8-9-15-22(20)27-17)16-24-25(19-12-6-3-7-13-19)23(26)18-10-4-2-5-11-18/h2-16H,1H3/b24-16+. The highest BCUT2D eigenvalue weighted by Crippen LogP contribution is 2.24. The first-order valence-electron chi connectivity index (χ1n) is 8.71. The van der Waals surface area contributed by atoms with Crippen molar-refractivity contribution in [1.29, 1.82) is 0 Å². The van der Waals surface area contributed by atoms with Gasteiger partial charge in [0.1, 0.15) is 11.3 Å². The summed E-state index contributed by atoms with van der Waals surface area (Å²) in [6.45, 7) is 1.90. The number of benzene rings is 3. The zero-order chi connectivity index (χ0) is 18.6. The molecule has 1 aromatic heterocycles. The summed E-state index contributed by atoms with van der Waals surface area (Å²) in [5, 5.41) is 6.91. The van der Waals surface area contributed by atoms with E-state index in [1.807, 2.05) is 79.7 Å². The van der Waals surface area contributed by atoms with E-state index in [2.05, 4.69) is 5.10 Å². The number of para-hydroxylation sites is 2. The third-order valence-corrected chi connectivity index (χ3v) is 4.34. The van der Waals surface area contributed by atoms with Crippen LogP contribution in [-0.2, 0) is 0 Å². The van der Waals surface area contributed by atoms with Crippen molar-refractivity contribution < 1.29 is 9.21 Å². The zero-order valence-electron chi connectivity index (χ0n) is 14.9. The number of carbonyl (C=O) groups excluding carboxylic acids is 1. The van der Waals surface area contributed by atoms with E-state index in [4.69, 9.17) is 4.42 Å². The first-order valence-corrected chi connectivity index (χ1v) is 8.71. The summed E-state index contributed by atoms with van der Waals surface area (Å²) in [4.78, 5) is 13.0. The molecule has 4 rings (SSSR count). The van der Waals surface area contributed by atoms with Gasteiger partial charge in [0.25, 0.3) is 5.91 Å². The SMILES string of the molecule is Cc1oc2ccccc2c1/C=N/N(C(=O)c1ccccc1)c1ccccc1. The second-order valence-electron chi connectivity index (χ2n) is 6.13. The largest absolute Gasteiger partial charge is 0.461 e. The lowest BCUT2D eigenvalue weighted by molar-refractivity contribution is 0.0988. The lowest BCUT2D eigenvalue weighted by Gasteiger charge is -2.17. The number of hydrogen-bond acceptors (Lipinski definition) is 3. The van der Waals surface area contributed by atoms with E-state index in [9.17, 15) is 4.79 Å². The van der Waals surface area contributed by atoms with Crippen LogP contribution in [0.1, 0.15) is 21.7 Å². The molecule has 1 heterocycles. The first-order chi connectivity index (χ1) is 13.2. The number of amides is 1. The van der Waals surface area contributed by atoms with Crippen LogP contribution in [0.5, 0.6) is 0 Å². The highest BCUT2D eigenvalue weighted by Gasteiger charge is 2.17. The Morgan fingerprint density at radius 3 is 2.26 bits per heavy atom. The van der Waals surface area contributed by atoms with E-state index in [0.29, 0.717) is 11.3 Å². The number of hydrogen-bond donors (Lipinski definition) is 0. The van der Waals surface area contributed by atoms with E-state index in [-0.39, 0.29) is 5.91 Å². The Labute approximate surface area is 157 Å². The second-order valence-corrected chi connectivity index (χ2v) is 6.13. The van der Waals surface area contributed by atoms with E-state index >= 15 is 0 Å². The minimum atomic E-state index is -0.191. The third kappa shape index (κ3) is 3.37. The van der Waals surface area contributed by atoms with Crippen molar-refractivity contribution in [3.05, 3.63) is 102 Å². The molecule has 4 nitrogen and oxygen atoms in total. The molecular weight excluding hydrogens is 336 g/mol. The summed E-state index contributed by atoms with van der Waals surface area (Å²) in [5.41, 5.74) is 2.95. The Morgan fingerprint density at radius 1 is 0.889 bits per heavy atom. The van der Waals surface area contributed by atoms with Crippen LogP contribution in [0.2, 0.25) is 0 Å². The Balaban J connectivity index is 1.76. The number of carbonyl (C=O) groups is 1. The van der Waals surface area contributed by atoms with Gasteiger partial charge in [-0.2, -0.15) is 10.1 Å². The molecule has 27 heavy (non-hydrogen) atoms. The molecule has 0 unspecified atom stereocenters. The van der Waals surface area contributed by atoms with Crippen LogP contribution in [0.15, 0.2) is 94.4 Å². The number of nitrogens with zero attached hydrogens (tertiary/aromatic N) is 2. The molecule has 4 aromatic rings. The minimum Gasteiger partial charge on any atom is -0.461 e. The predicted octanol–water partition coefficient (Wildman–Crippen LogP) is 5.42. The van der Waals surface area contributed by atoms with E-state index < -0.39 is 0 Å².